The third-order valence-corrected chi connectivity index (χ3v) is 1.99. The maximum Gasteiger partial charge on any atom is 0.417 e. The second-order valence-electron chi connectivity index (χ2n) is 3.27. The van der Waals surface area contributed by atoms with E-state index in [1.165, 1.54) is 13.1 Å². The highest BCUT2D eigenvalue weighted by molar-refractivity contribution is 5.23. The van der Waals surface area contributed by atoms with Gasteiger partial charge in [-0.3, -0.25) is 4.98 Å². The van der Waals surface area contributed by atoms with Crippen LogP contribution in [0.25, 0.3) is 0 Å². The Bertz CT molecular complexity index is 338. The standard InChI is InChI=1S/C9H11F3N2O/c1-5(15)8(13)6-2-7(4-14-3-6)9(10,11)12/h2-5,8,15H,13H2,1H3/t5-,8+/m1/s1. The predicted molar refractivity (Wildman–Crippen MR) is 47.8 cm³/mol. The largest absolute Gasteiger partial charge is 0.417 e. The fraction of sp³-hybridized carbons (Fsp3) is 0.444. The van der Waals surface area contributed by atoms with Crippen LogP contribution in [0.1, 0.15) is 24.1 Å². The van der Waals surface area contributed by atoms with Gasteiger partial charge in [-0.15, -0.1) is 0 Å². The molecule has 0 aromatic carbocycles. The van der Waals surface area contributed by atoms with Crippen LogP contribution in [-0.2, 0) is 6.18 Å². The first kappa shape index (κ1) is 11.9. The Morgan fingerprint density at radius 3 is 2.47 bits per heavy atom. The molecule has 0 unspecified atom stereocenters. The lowest BCUT2D eigenvalue weighted by molar-refractivity contribution is -0.137. The number of rotatable bonds is 2. The monoisotopic (exact) mass is 220 g/mol. The molecule has 0 aliphatic heterocycles. The third kappa shape index (κ3) is 2.90. The summed E-state index contributed by atoms with van der Waals surface area (Å²) in [5, 5.41) is 9.13. The van der Waals surface area contributed by atoms with Crippen LogP contribution >= 0.6 is 0 Å². The maximum absolute atomic E-state index is 12.3. The summed E-state index contributed by atoms with van der Waals surface area (Å²) in [6, 6.07) is 0.0319. The fourth-order valence-corrected chi connectivity index (χ4v) is 1.07. The molecule has 1 rings (SSSR count). The summed E-state index contributed by atoms with van der Waals surface area (Å²) in [7, 11) is 0. The summed E-state index contributed by atoms with van der Waals surface area (Å²) in [6.07, 6.45) is -3.43. The summed E-state index contributed by atoms with van der Waals surface area (Å²) in [5.41, 5.74) is 4.79. The van der Waals surface area contributed by atoms with E-state index < -0.39 is 23.9 Å². The van der Waals surface area contributed by atoms with Gasteiger partial charge >= 0.3 is 6.18 Å². The Labute approximate surface area is 84.7 Å². The molecule has 2 atom stereocenters. The Hall–Kier alpha value is -1.14. The summed E-state index contributed by atoms with van der Waals surface area (Å²) in [5.74, 6) is 0. The first-order valence-electron chi connectivity index (χ1n) is 4.28. The van der Waals surface area contributed by atoms with Crippen LogP contribution in [0, 0.1) is 0 Å². The number of alkyl halides is 3. The highest BCUT2D eigenvalue weighted by atomic mass is 19.4. The molecule has 1 aromatic rings. The molecule has 3 N–H and O–H groups in total. The van der Waals surface area contributed by atoms with Gasteiger partial charge in [-0.25, -0.2) is 0 Å². The average Bonchev–Trinajstić information content (AvgIpc) is 2.15. The van der Waals surface area contributed by atoms with Crippen molar-refractivity contribution < 1.29 is 18.3 Å². The SMILES string of the molecule is C[C@@H](O)[C@H](N)c1cncc(C(F)(F)F)c1. The molecule has 0 saturated carbocycles. The molecule has 3 nitrogen and oxygen atoms in total. The second kappa shape index (κ2) is 4.16. The van der Waals surface area contributed by atoms with Gasteiger partial charge in [0.05, 0.1) is 17.7 Å². The van der Waals surface area contributed by atoms with Crippen molar-refractivity contribution in [1.82, 2.24) is 4.98 Å². The molecule has 6 heteroatoms. The van der Waals surface area contributed by atoms with E-state index in [-0.39, 0.29) is 5.56 Å². The molecule has 1 heterocycles. The molecule has 0 aliphatic carbocycles. The molecule has 84 valence electrons. The van der Waals surface area contributed by atoms with Gasteiger partial charge in [-0.2, -0.15) is 13.2 Å². The van der Waals surface area contributed by atoms with Crippen molar-refractivity contribution in [3.63, 3.8) is 0 Å². The van der Waals surface area contributed by atoms with Crippen molar-refractivity contribution in [2.75, 3.05) is 0 Å². The topological polar surface area (TPSA) is 59.1 Å². The zero-order chi connectivity index (χ0) is 11.6. The quantitative estimate of drug-likeness (QED) is 0.793. The van der Waals surface area contributed by atoms with Gasteiger partial charge in [-0.1, -0.05) is 0 Å². The van der Waals surface area contributed by atoms with Gasteiger partial charge in [0.25, 0.3) is 0 Å². The van der Waals surface area contributed by atoms with Crippen LogP contribution in [-0.4, -0.2) is 16.2 Å². The molecule has 0 spiro atoms. The molecule has 0 fully saturated rings. The van der Waals surface area contributed by atoms with Gasteiger partial charge in [0.15, 0.2) is 0 Å². The average molecular weight is 220 g/mol. The van der Waals surface area contributed by atoms with Crippen LogP contribution < -0.4 is 5.73 Å². The minimum absolute atomic E-state index is 0.167. The van der Waals surface area contributed by atoms with Crippen LogP contribution in [0.4, 0.5) is 13.2 Å². The van der Waals surface area contributed by atoms with Gasteiger partial charge in [0.2, 0.25) is 0 Å². The highest BCUT2D eigenvalue weighted by Gasteiger charge is 2.31. The van der Waals surface area contributed by atoms with Crippen LogP contribution in [0.5, 0.6) is 0 Å². The van der Waals surface area contributed by atoms with E-state index in [4.69, 9.17) is 10.8 Å². The number of aliphatic hydroxyl groups is 1. The minimum Gasteiger partial charge on any atom is -0.391 e. The Morgan fingerprint density at radius 2 is 2.00 bits per heavy atom. The zero-order valence-corrected chi connectivity index (χ0v) is 7.99. The van der Waals surface area contributed by atoms with Crippen molar-refractivity contribution in [3.8, 4) is 0 Å². The lowest BCUT2D eigenvalue weighted by Crippen LogP contribution is -2.23. The summed E-state index contributed by atoms with van der Waals surface area (Å²) in [4.78, 5) is 3.44. The van der Waals surface area contributed by atoms with Crippen molar-refractivity contribution in [2.45, 2.75) is 25.2 Å². The molecule has 1 aromatic heterocycles. The Morgan fingerprint density at radius 1 is 1.40 bits per heavy atom. The van der Waals surface area contributed by atoms with E-state index in [1.54, 1.807) is 0 Å². The number of nitrogens with zero attached hydrogens (tertiary/aromatic N) is 1. The zero-order valence-electron chi connectivity index (χ0n) is 7.99. The van der Waals surface area contributed by atoms with Crippen molar-refractivity contribution in [1.29, 1.82) is 0 Å². The Kier molecular flexibility index (Phi) is 3.31. The molecule has 0 aliphatic rings. The Balaban J connectivity index is 3.03. The van der Waals surface area contributed by atoms with Crippen molar-refractivity contribution in [3.05, 3.63) is 29.6 Å². The highest BCUT2D eigenvalue weighted by Crippen LogP contribution is 2.30. The molecule has 0 amide bonds. The lowest BCUT2D eigenvalue weighted by atomic mass is 10.0. The van der Waals surface area contributed by atoms with E-state index >= 15 is 0 Å². The number of aromatic nitrogens is 1. The number of hydrogen-bond donors (Lipinski definition) is 2. The third-order valence-electron chi connectivity index (χ3n) is 1.99. The van der Waals surface area contributed by atoms with E-state index in [0.717, 1.165) is 12.3 Å². The lowest BCUT2D eigenvalue weighted by Gasteiger charge is -2.16. The molecule has 0 saturated heterocycles. The molecular formula is C9H11F3N2O. The first-order chi connectivity index (χ1) is 6.82. The van der Waals surface area contributed by atoms with Crippen molar-refractivity contribution >= 4 is 0 Å². The van der Waals surface area contributed by atoms with Crippen molar-refractivity contribution in [2.24, 2.45) is 5.73 Å². The molecule has 0 bridgehead atoms. The van der Waals surface area contributed by atoms with E-state index in [9.17, 15) is 13.2 Å². The number of nitrogens with two attached hydrogens (primary N) is 1. The summed E-state index contributed by atoms with van der Waals surface area (Å²) < 4.78 is 36.9. The van der Waals surface area contributed by atoms with E-state index in [2.05, 4.69) is 4.98 Å². The normalized spacial score (nSPS) is 16.1. The second-order valence-corrected chi connectivity index (χ2v) is 3.27. The van der Waals surface area contributed by atoms with E-state index in [1.807, 2.05) is 0 Å². The fourth-order valence-electron chi connectivity index (χ4n) is 1.07. The number of hydrogen-bond acceptors (Lipinski definition) is 3. The summed E-state index contributed by atoms with van der Waals surface area (Å²) in [6.45, 7) is 1.41. The smallest absolute Gasteiger partial charge is 0.391 e. The summed E-state index contributed by atoms with van der Waals surface area (Å²) >= 11 is 0. The van der Waals surface area contributed by atoms with Crippen LogP contribution in [0.3, 0.4) is 0 Å². The van der Waals surface area contributed by atoms with Gasteiger partial charge in [-0.05, 0) is 18.6 Å². The van der Waals surface area contributed by atoms with Gasteiger partial charge < -0.3 is 10.8 Å². The van der Waals surface area contributed by atoms with Crippen LogP contribution in [0.15, 0.2) is 18.5 Å². The van der Waals surface area contributed by atoms with Gasteiger partial charge in [0.1, 0.15) is 0 Å². The minimum atomic E-state index is -4.44. The number of halogens is 3. The first-order valence-corrected chi connectivity index (χ1v) is 4.28. The van der Waals surface area contributed by atoms with Crippen LogP contribution in [0.2, 0.25) is 0 Å². The molecular weight excluding hydrogens is 209 g/mol. The molecule has 15 heavy (non-hydrogen) atoms. The number of aliphatic hydroxyl groups excluding tert-OH is 1. The van der Waals surface area contributed by atoms with Gasteiger partial charge in [0, 0.05) is 12.4 Å². The molecule has 0 radical (unpaired) electrons. The maximum atomic E-state index is 12.3. The van der Waals surface area contributed by atoms with E-state index in [0.29, 0.717) is 0 Å². The number of pyridine rings is 1. The predicted octanol–water partition coefficient (Wildman–Crippen LogP) is 1.48.